The van der Waals surface area contributed by atoms with Gasteiger partial charge in [-0.3, -0.25) is 0 Å². The van der Waals surface area contributed by atoms with Crippen molar-refractivity contribution in [2.24, 2.45) is 17.3 Å². The van der Waals surface area contributed by atoms with Gasteiger partial charge in [-0.15, -0.1) is 11.6 Å². The Morgan fingerprint density at radius 2 is 1.75 bits per heavy atom. The lowest BCUT2D eigenvalue weighted by atomic mass is 9.68. The van der Waals surface area contributed by atoms with Gasteiger partial charge in [0.05, 0.1) is 12.2 Å². The second-order valence-electron chi connectivity index (χ2n) is 6.54. The standard InChI is InChI=1S/C14H25ClO/c1-9-5-6-11(7-10(9)2)16-13-8-12(15)14(13,3)4/h9-13H,5-8H2,1-4H3. The third-order valence-electron chi connectivity index (χ3n) is 4.96. The summed E-state index contributed by atoms with van der Waals surface area (Å²) < 4.78 is 6.25. The lowest BCUT2D eigenvalue weighted by molar-refractivity contribution is -0.139. The molecule has 2 heteroatoms. The Bertz CT molecular complexity index is 251. The van der Waals surface area contributed by atoms with Crippen molar-refractivity contribution in [3.63, 3.8) is 0 Å². The summed E-state index contributed by atoms with van der Waals surface area (Å²) in [5.74, 6) is 1.68. The van der Waals surface area contributed by atoms with Gasteiger partial charge in [0.15, 0.2) is 0 Å². The number of rotatable bonds is 2. The zero-order valence-corrected chi connectivity index (χ0v) is 11.8. The minimum atomic E-state index is 0.174. The van der Waals surface area contributed by atoms with Gasteiger partial charge in [0, 0.05) is 10.8 Å². The van der Waals surface area contributed by atoms with E-state index in [1.165, 1.54) is 19.3 Å². The molecule has 0 saturated heterocycles. The summed E-state index contributed by atoms with van der Waals surface area (Å²) in [4.78, 5) is 0. The highest BCUT2D eigenvalue weighted by Gasteiger charge is 2.49. The number of alkyl halides is 1. The summed E-state index contributed by atoms with van der Waals surface area (Å²) in [5.41, 5.74) is 0.174. The molecule has 2 fully saturated rings. The second-order valence-corrected chi connectivity index (χ2v) is 7.07. The molecule has 0 heterocycles. The Kier molecular flexibility index (Phi) is 3.57. The molecule has 0 amide bonds. The zero-order valence-electron chi connectivity index (χ0n) is 11.0. The highest BCUT2D eigenvalue weighted by atomic mass is 35.5. The summed E-state index contributed by atoms with van der Waals surface area (Å²) in [5, 5.41) is 0.303. The first-order chi connectivity index (χ1) is 7.41. The van der Waals surface area contributed by atoms with Crippen molar-refractivity contribution < 1.29 is 4.74 Å². The Labute approximate surface area is 105 Å². The van der Waals surface area contributed by atoms with Gasteiger partial charge in [0.25, 0.3) is 0 Å². The second kappa shape index (κ2) is 4.49. The summed E-state index contributed by atoms with van der Waals surface area (Å²) >= 11 is 6.22. The van der Waals surface area contributed by atoms with Crippen LogP contribution >= 0.6 is 11.6 Å². The van der Waals surface area contributed by atoms with Crippen LogP contribution < -0.4 is 0 Å². The van der Waals surface area contributed by atoms with Crippen LogP contribution in [0.4, 0.5) is 0 Å². The van der Waals surface area contributed by atoms with E-state index in [0.29, 0.717) is 17.6 Å². The fourth-order valence-corrected chi connectivity index (χ4v) is 3.22. The lowest BCUT2D eigenvalue weighted by Crippen LogP contribution is -2.53. The van der Waals surface area contributed by atoms with Gasteiger partial charge in [0.2, 0.25) is 0 Å². The fraction of sp³-hybridized carbons (Fsp3) is 1.00. The number of hydrogen-bond donors (Lipinski definition) is 0. The van der Waals surface area contributed by atoms with Gasteiger partial charge in [-0.1, -0.05) is 27.7 Å². The quantitative estimate of drug-likeness (QED) is 0.661. The summed E-state index contributed by atoms with van der Waals surface area (Å²) in [6, 6.07) is 0. The lowest BCUT2D eigenvalue weighted by Gasteiger charge is -2.50. The van der Waals surface area contributed by atoms with E-state index in [1.807, 2.05) is 0 Å². The van der Waals surface area contributed by atoms with Crippen molar-refractivity contribution in [3.05, 3.63) is 0 Å². The molecule has 94 valence electrons. The van der Waals surface area contributed by atoms with Crippen LogP contribution in [-0.2, 0) is 4.74 Å². The van der Waals surface area contributed by atoms with Crippen LogP contribution in [0.3, 0.4) is 0 Å². The minimum absolute atomic E-state index is 0.174. The Morgan fingerprint density at radius 1 is 1.06 bits per heavy atom. The Hall–Kier alpha value is 0.250. The molecule has 0 aromatic rings. The first-order valence-corrected chi connectivity index (χ1v) is 7.14. The summed E-state index contributed by atoms with van der Waals surface area (Å²) in [6.07, 6.45) is 5.71. The third kappa shape index (κ3) is 2.26. The molecule has 2 aliphatic carbocycles. The van der Waals surface area contributed by atoms with Gasteiger partial charge in [-0.2, -0.15) is 0 Å². The maximum atomic E-state index is 6.25. The molecule has 16 heavy (non-hydrogen) atoms. The predicted octanol–water partition coefficient (Wildman–Crippen LogP) is 4.23. The van der Waals surface area contributed by atoms with Gasteiger partial charge in [-0.05, 0) is 37.5 Å². The van der Waals surface area contributed by atoms with Crippen molar-refractivity contribution in [1.29, 1.82) is 0 Å². The molecule has 2 saturated carbocycles. The molecule has 0 radical (unpaired) electrons. The molecule has 2 rings (SSSR count). The van der Waals surface area contributed by atoms with Crippen LogP contribution in [0.1, 0.15) is 53.4 Å². The molecule has 0 aliphatic heterocycles. The van der Waals surface area contributed by atoms with E-state index in [2.05, 4.69) is 27.7 Å². The fourth-order valence-electron chi connectivity index (χ4n) is 2.92. The van der Waals surface area contributed by atoms with Crippen LogP contribution in [0, 0.1) is 17.3 Å². The normalized spacial score (nSPS) is 47.4. The first kappa shape index (κ1) is 12.7. The maximum absolute atomic E-state index is 6.25. The predicted molar refractivity (Wildman–Crippen MR) is 68.9 cm³/mol. The van der Waals surface area contributed by atoms with E-state index < -0.39 is 0 Å². The van der Waals surface area contributed by atoms with Gasteiger partial charge < -0.3 is 4.74 Å². The Morgan fingerprint density at radius 3 is 2.25 bits per heavy atom. The molecule has 0 aromatic carbocycles. The van der Waals surface area contributed by atoms with Crippen LogP contribution in [0.15, 0.2) is 0 Å². The Balaban J connectivity index is 1.83. The van der Waals surface area contributed by atoms with Gasteiger partial charge in [0.1, 0.15) is 0 Å². The molecule has 5 unspecified atom stereocenters. The maximum Gasteiger partial charge on any atom is 0.0658 e. The van der Waals surface area contributed by atoms with Crippen LogP contribution in [-0.4, -0.2) is 17.6 Å². The average molecular weight is 245 g/mol. The molecule has 2 aliphatic rings. The van der Waals surface area contributed by atoms with E-state index in [9.17, 15) is 0 Å². The van der Waals surface area contributed by atoms with Crippen molar-refractivity contribution >= 4 is 11.6 Å². The van der Waals surface area contributed by atoms with Crippen molar-refractivity contribution in [1.82, 2.24) is 0 Å². The van der Waals surface area contributed by atoms with Crippen molar-refractivity contribution in [3.8, 4) is 0 Å². The van der Waals surface area contributed by atoms with E-state index in [-0.39, 0.29) is 5.41 Å². The molecular formula is C14H25ClO. The molecule has 0 N–H and O–H groups in total. The summed E-state index contributed by atoms with van der Waals surface area (Å²) in [7, 11) is 0. The molecule has 0 aromatic heterocycles. The number of hydrogen-bond acceptors (Lipinski definition) is 1. The smallest absolute Gasteiger partial charge is 0.0658 e. The number of ether oxygens (including phenoxy) is 1. The van der Waals surface area contributed by atoms with Crippen LogP contribution in [0.25, 0.3) is 0 Å². The van der Waals surface area contributed by atoms with Crippen LogP contribution in [0.5, 0.6) is 0 Å². The molecule has 0 bridgehead atoms. The van der Waals surface area contributed by atoms with Crippen molar-refractivity contribution in [2.45, 2.75) is 71.0 Å². The van der Waals surface area contributed by atoms with Crippen LogP contribution in [0.2, 0.25) is 0 Å². The van der Waals surface area contributed by atoms with E-state index in [4.69, 9.17) is 16.3 Å². The molecule has 0 spiro atoms. The first-order valence-electron chi connectivity index (χ1n) is 6.70. The van der Waals surface area contributed by atoms with E-state index >= 15 is 0 Å². The van der Waals surface area contributed by atoms with E-state index in [1.54, 1.807) is 0 Å². The largest absolute Gasteiger partial charge is 0.374 e. The molecule has 1 nitrogen and oxygen atoms in total. The highest BCUT2D eigenvalue weighted by Crippen LogP contribution is 2.47. The SMILES string of the molecule is CC1CCC(OC2CC(Cl)C2(C)C)CC1C. The van der Waals surface area contributed by atoms with Crippen molar-refractivity contribution in [2.75, 3.05) is 0 Å². The topological polar surface area (TPSA) is 9.23 Å². The highest BCUT2D eigenvalue weighted by molar-refractivity contribution is 6.21. The van der Waals surface area contributed by atoms with Gasteiger partial charge in [-0.25, -0.2) is 0 Å². The monoisotopic (exact) mass is 244 g/mol. The zero-order chi connectivity index (χ0) is 11.9. The summed E-state index contributed by atoms with van der Waals surface area (Å²) in [6.45, 7) is 9.18. The molecule has 5 atom stereocenters. The minimum Gasteiger partial charge on any atom is -0.374 e. The average Bonchev–Trinajstić information content (AvgIpc) is 2.23. The number of halogens is 1. The van der Waals surface area contributed by atoms with E-state index in [0.717, 1.165) is 18.3 Å². The molecular weight excluding hydrogens is 220 g/mol. The van der Waals surface area contributed by atoms with Gasteiger partial charge >= 0.3 is 0 Å². The third-order valence-corrected chi connectivity index (χ3v) is 5.71.